The summed E-state index contributed by atoms with van der Waals surface area (Å²) in [6.45, 7) is 1.77. The van der Waals surface area contributed by atoms with Gasteiger partial charge in [0.05, 0.1) is 22.7 Å². The second-order valence-corrected chi connectivity index (χ2v) is 9.03. The summed E-state index contributed by atoms with van der Waals surface area (Å²) >= 11 is 0. The molecule has 2 aromatic heterocycles. The first-order valence-electron chi connectivity index (χ1n) is 8.87. The van der Waals surface area contributed by atoms with Crippen molar-refractivity contribution in [2.75, 3.05) is 16.8 Å². The first-order chi connectivity index (χ1) is 13.4. The van der Waals surface area contributed by atoms with Gasteiger partial charge in [-0.25, -0.2) is 18.4 Å². The van der Waals surface area contributed by atoms with Crippen molar-refractivity contribution in [2.24, 2.45) is 0 Å². The summed E-state index contributed by atoms with van der Waals surface area (Å²) < 4.78 is 23.2. The van der Waals surface area contributed by atoms with Crippen LogP contribution in [0, 0.1) is 6.92 Å². The van der Waals surface area contributed by atoms with Crippen LogP contribution in [0.1, 0.15) is 22.6 Å². The Kier molecular flexibility index (Phi) is 4.68. The van der Waals surface area contributed by atoms with Crippen LogP contribution < -0.4 is 10.6 Å². The third-order valence-electron chi connectivity index (χ3n) is 4.53. The molecule has 0 bridgehead atoms. The predicted octanol–water partition coefficient (Wildman–Crippen LogP) is 1.99. The molecule has 0 aliphatic carbocycles. The number of hydrogen-bond donors (Lipinski definition) is 2. The van der Waals surface area contributed by atoms with E-state index in [0.717, 1.165) is 16.6 Å². The maximum atomic E-state index is 12.5. The first-order valence-corrected chi connectivity index (χ1v) is 10.7. The van der Waals surface area contributed by atoms with Gasteiger partial charge in [0, 0.05) is 23.3 Å². The normalized spacial score (nSPS) is 18.1. The molecule has 8 nitrogen and oxygen atoms in total. The van der Waals surface area contributed by atoms with Crippen LogP contribution in [0.2, 0.25) is 0 Å². The summed E-state index contributed by atoms with van der Waals surface area (Å²) in [6.07, 6.45) is 2.13. The van der Waals surface area contributed by atoms with Crippen LogP contribution in [-0.2, 0) is 9.84 Å². The number of para-hydroxylation sites is 1. The maximum Gasteiger partial charge on any atom is 0.270 e. The van der Waals surface area contributed by atoms with E-state index in [1.165, 1.54) is 0 Å². The molecule has 1 unspecified atom stereocenters. The van der Waals surface area contributed by atoms with Crippen molar-refractivity contribution in [3.05, 3.63) is 54.0 Å². The predicted molar refractivity (Wildman–Crippen MR) is 106 cm³/mol. The van der Waals surface area contributed by atoms with Crippen molar-refractivity contribution in [2.45, 2.75) is 19.4 Å². The number of anilines is 2. The molecule has 1 saturated heterocycles. The number of nitrogens with one attached hydrogen (secondary N) is 2. The van der Waals surface area contributed by atoms with Crippen LogP contribution in [0.15, 0.2) is 42.6 Å². The molecular formula is C19H19N5O3S. The highest BCUT2D eigenvalue weighted by molar-refractivity contribution is 7.91. The van der Waals surface area contributed by atoms with E-state index in [2.05, 4.69) is 25.6 Å². The average molecular weight is 397 g/mol. The highest BCUT2D eigenvalue weighted by Gasteiger charge is 2.29. The highest BCUT2D eigenvalue weighted by Crippen LogP contribution is 2.23. The number of fused-ring (bicyclic) bond motifs is 1. The Morgan fingerprint density at radius 2 is 2.00 bits per heavy atom. The molecule has 1 amide bonds. The van der Waals surface area contributed by atoms with Gasteiger partial charge >= 0.3 is 0 Å². The quantitative estimate of drug-likeness (QED) is 0.692. The first kappa shape index (κ1) is 18.3. The van der Waals surface area contributed by atoms with Crippen LogP contribution in [0.5, 0.6) is 0 Å². The van der Waals surface area contributed by atoms with Crippen molar-refractivity contribution < 1.29 is 13.2 Å². The topological polar surface area (TPSA) is 114 Å². The lowest BCUT2D eigenvalue weighted by Crippen LogP contribution is -2.36. The number of carbonyl (C=O) groups excluding carboxylic acids is 1. The molecule has 1 aliphatic heterocycles. The third kappa shape index (κ3) is 3.94. The molecule has 0 saturated carbocycles. The zero-order valence-electron chi connectivity index (χ0n) is 15.2. The minimum absolute atomic E-state index is 0.0322. The van der Waals surface area contributed by atoms with Crippen molar-refractivity contribution >= 4 is 38.3 Å². The zero-order chi connectivity index (χ0) is 19.7. The van der Waals surface area contributed by atoms with Gasteiger partial charge in [-0.15, -0.1) is 0 Å². The monoisotopic (exact) mass is 397 g/mol. The van der Waals surface area contributed by atoms with Crippen molar-refractivity contribution in [1.29, 1.82) is 0 Å². The van der Waals surface area contributed by atoms with Gasteiger partial charge in [-0.1, -0.05) is 18.2 Å². The highest BCUT2D eigenvalue weighted by atomic mass is 32.2. The van der Waals surface area contributed by atoms with E-state index in [4.69, 9.17) is 0 Å². The van der Waals surface area contributed by atoms with Gasteiger partial charge in [-0.3, -0.25) is 9.78 Å². The van der Waals surface area contributed by atoms with E-state index in [0.29, 0.717) is 12.1 Å². The lowest BCUT2D eigenvalue weighted by molar-refractivity contribution is 0.0936. The van der Waals surface area contributed by atoms with Crippen LogP contribution in [-0.4, -0.2) is 46.8 Å². The lowest BCUT2D eigenvalue weighted by atomic mass is 10.2. The van der Waals surface area contributed by atoms with Crippen LogP contribution in [0.4, 0.5) is 11.6 Å². The molecule has 4 rings (SSSR count). The van der Waals surface area contributed by atoms with Crippen molar-refractivity contribution in [1.82, 2.24) is 20.3 Å². The van der Waals surface area contributed by atoms with E-state index < -0.39 is 15.7 Å². The van der Waals surface area contributed by atoms with Gasteiger partial charge in [0.1, 0.15) is 5.69 Å². The molecule has 0 spiro atoms. The van der Waals surface area contributed by atoms with Crippen molar-refractivity contribution in [3.8, 4) is 0 Å². The Balaban J connectivity index is 1.58. The average Bonchev–Trinajstić information content (AvgIpc) is 3.00. The smallest absolute Gasteiger partial charge is 0.270 e. The number of aryl methyl sites for hydroxylation is 1. The molecule has 1 aromatic carbocycles. The third-order valence-corrected chi connectivity index (χ3v) is 6.30. The lowest BCUT2D eigenvalue weighted by Gasteiger charge is -2.12. The fraction of sp³-hybridized carbons (Fsp3) is 0.263. The van der Waals surface area contributed by atoms with Crippen LogP contribution in [0.3, 0.4) is 0 Å². The fourth-order valence-corrected chi connectivity index (χ4v) is 4.91. The molecule has 1 fully saturated rings. The number of amides is 1. The number of pyridine rings is 1. The van der Waals surface area contributed by atoms with Gasteiger partial charge in [-0.2, -0.15) is 0 Å². The molecule has 0 radical (unpaired) electrons. The van der Waals surface area contributed by atoms with E-state index >= 15 is 0 Å². The molecular weight excluding hydrogens is 378 g/mol. The molecule has 1 atom stereocenters. The second kappa shape index (κ2) is 7.16. The Morgan fingerprint density at radius 3 is 2.79 bits per heavy atom. The van der Waals surface area contributed by atoms with E-state index in [9.17, 15) is 13.2 Å². The molecule has 28 heavy (non-hydrogen) atoms. The number of hydrogen-bond acceptors (Lipinski definition) is 7. The van der Waals surface area contributed by atoms with E-state index in [1.54, 1.807) is 19.2 Å². The number of carbonyl (C=O) groups is 1. The van der Waals surface area contributed by atoms with Gasteiger partial charge in [0.15, 0.2) is 9.84 Å². The Morgan fingerprint density at radius 1 is 1.18 bits per heavy atom. The van der Waals surface area contributed by atoms with Gasteiger partial charge < -0.3 is 10.6 Å². The largest absolute Gasteiger partial charge is 0.347 e. The minimum Gasteiger partial charge on any atom is -0.347 e. The SMILES string of the molecule is Cc1cc(C(=O)NC2CCS(=O)(=O)C2)nc(Nc2cccc3cccnc23)n1. The summed E-state index contributed by atoms with van der Waals surface area (Å²) in [5.74, 6) is -0.0638. The van der Waals surface area contributed by atoms with E-state index in [1.807, 2.05) is 30.3 Å². The minimum atomic E-state index is -3.07. The number of benzene rings is 1. The summed E-state index contributed by atoms with van der Waals surface area (Å²) in [4.78, 5) is 25.6. The van der Waals surface area contributed by atoms with Crippen molar-refractivity contribution in [3.63, 3.8) is 0 Å². The number of sulfone groups is 1. The van der Waals surface area contributed by atoms with Crippen LogP contribution >= 0.6 is 0 Å². The molecule has 1 aliphatic rings. The Bertz CT molecular complexity index is 1160. The summed E-state index contributed by atoms with van der Waals surface area (Å²) in [6, 6.07) is 10.7. The maximum absolute atomic E-state index is 12.5. The Hall–Kier alpha value is -3.07. The summed E-state index contributed by atoms with van der Waals surface area (Å²) in [5.41, 5.74) is 2.32. The molecule has 9 heteroatoms. The van der Waals surface area contributed by atoms with Crippen LogP contribution in [0.25, 0.3) is 10.9 Å². The summed E-state index contributed by atoms with van der Waals surface area (Å²) in [7, 11) is -3.07. The van der Waals surface area contributed by atoms with E-state index in [-0.39, 0.29) is 29.2 Å². The summed E-state index contributed by atoms with van der Waals surface area (Å²) in [5, 5.41) is 6.85. The number of aromatic nitrogens is 3. The number of rotatable bonds is 4. The molecule has 3 heterocycles. The van der Waals surface area contributed by atoms with Gasteiger partial charge in [0.25, 0.3) is 5.91 Å². The standard InChI is InChI=1S/C19H19N5O3S/c1-12-10-16(18(25)22-14-7-9-28(26,27)11-14)24-19(21-12)23-15-6-2-4-13-5-3-8-20-17(13)15/h2-6,8,10,14H,7,9,11H2,1H3,(H,22,25)(H,21,23,24). The molecule has 3 aromatic rings. The zero-order valence-corrected chi connectivity index (χ0v) is 16.0. The van der Waals surface area contributed by atoms with Gasteiger partial charge in [-0.05, 0) is 31.5 Å². The number of nitrogens with zero attached hydrogens (tertiary/aromatic N) is 3. The second-order valence-electron chi connectivity index (χ2n) is 6.80. The Labute approximate surface area is 162 Å². The molecule has 144 valence electrons. The fourth-order valence-electron chi connectivity index (χ4n) is 3.23. The van der Waals surface area contributed by atoms with Gasteiger partial charge in [0.2, 0.25) is 5.95 Å². The molecule has 2 N–H and O–H groups in total.